The van der Waals surface area contributed by atoms with Crippen molar-refractivity contribution in [3.05, 3.63) is 89.5 Å². The molecule has 0 atom stereocenters. The number of hydrogen-bond acceptors (Lipinski definition) is 2. The second kappa shape index (κ2) is 8.53. The lowest BCUT2D eigenvalue weighted by Gasteiger charge is -2.13. The van der Waals surface area contributed by atoms with E-state index in [0.717, 1.165) is 28.0 Å². The second-order valence-corrected chi connectivity index (χ2v) is 5.68. The van der Waals surface area contributed by atoms with Gasteiger partial charge in [0.1, 0.15) is 12.4 Å². The van der Waals surface area contributed by atoms with Crippen LogP contribution in [0.5, 0.6) is 5.75 Å². The van der Waals surface area contributed by atoms with Crippen molar-refractivity contribution in [2.75, 3.05) is 0 Å². The first-order valence-electron chi connectivity index (χ1n) is 7.83. The minimum absolute atomic E-state index is 0. The molecule has 3 heteroatoms. The number of ether oxygens (including phenoxy) is 1. The van der Waals surface area contributed by atoms with Crippen molar-refractivity contribution in [1.29, 1.82) is 0 Å². The summed E-state index contributed by atoms with van der Waals surface area (Å²) in [6.07, 6.45) is 0. The van der Waals surface area contributed by atoms with Gasteiger partial charge in [-0.15, -0.1) is 12.4 Å². The Hall–Kier alpha value is -2.29. The molecule has 3 aromatic carbocycles. The molecule has 0 fully saturated rings. The van der Waals surface area contributed by atoms with Crippen LogP contribution in [0.4, 0.5) is 0 Å². The number of hydrogen-bond donors (Lipinski definition) is 1. The molecule has 0 saturated carbocycles. The molecule has 0 spiro atoms. The van der Waals surface area contributed by atoms with Gasteiger partial charge in [0.2, 0.25) is 0 Å². The molecule has 0 aromatic heterocycles. The van der Waals surface area contributed by atoms with E-state index in [1.807, 2.05) is 36.4 Å². The number of aryl methyl sites for hydroxylation is 1. The Morgan fingerprint density at radius 3 is 2.29 bits per heavy atom. The summed E-state index contributed by atoms with van der Waals surface area (Å²) in [7, 11) is 0. The van der Waals surface area contributed by atoms with Crippen LogP contribution in [0.3, 0.4) is 0 Å². The summed E-state index contributed by atoms with van der Waals surface area (Å²) in [4.78, 5) is 0. The molecule has 3 rings (SSSR count). The van der Waals surface area contributed by atoms with Crippen LogP contribution in [0.15, 0.2) is 72.8 Å². The molecule has 0 unspecified atom stereocenters. The lowest BCUT2D eigenvalue weighted by molar-refractivity contribution is 0.307. The Bertz CT molecular complexity index is 787. The average Bonchev–Trinajstić information content (AvgIpc) is 2.60. The molecule has 0 saturated heterocycles. The van der Waals surface area contributed by atoms with Gasteiger partial charge in [-0.2, -0.15) is 0 Å². The molecule has 3 aromatic rings. The second-order valence-electron chi connectivity index (χ2n) is 5.68. The van der Waals surface area contributed by atoms with E-state index in [4.69, 9.17) is 10.5 Å². The first-order valence-corrected chi connectivity index (χ1v) is 7.83. The zero-order valence-corrected chi connectivity index (χ0v) is 14.6. The Labute approximate surface area is 149 Å². The maximum Gasteiger partial charge on any atom is 0.127 e. The first-order chi connectivity index (χ1) is 11.3. The molecule has 2 nitrogen and oxygen atoms in total. The number of nitrogens with two attached hydrogens (primary N) is 1. The number of halogens is 1. The van der Waals surface area contributed by atoms with Crippen LogP contribution in [0.2, 0.25) is 0 Å². The van der Waals surface area contributed by atoms with Crippen LogP contribution in [0.25, 0.3) is 11.1 Å². The molecule has 124 valence electrons. The molecule has 2 N–H and O–H groups in total. The van der Waals surface area contributed by atoms with Gasteiger partial charge >= 0.3 is 0 Å². The maximum atomic E-state index is 6.06. The van der Waals surface area contributed by atoms with Crippen molar-refractivity contribution in [3.8, 4) is 16.9 Å². The molecular formula is C21H22ClNO. The summed E-state index contributed by atoms with van der Waals surface area (Å²) in [5.74, 6) is 0.893. The van der Waals surface area contributed by atoms with Crippen molar-refractivity contribution in [3.63, 3.8) is 0 Å². The fraction of sp³-hybridized carbons (Fsp3) is 0.143. The Morgan fingerprint density at radius 1 is 0.833 bits per heavy atom. The van der Waals surface area contributed by atoms with E-state index >= 15 is 0 Å². The highest BCUT2D eigenvalue weighted by atomic mass is 35.5. The monoisotopic (exact) mass is 339 g/mol. The summed E-state index contributed by atoms with van der Waals surface area (Å²) in [6.45, 7) is 3.20. The Kier molecular flexibility index (Phi) is 6.42. The van der Waals surface area contributed by atoms with E-state index in [2.05, 4.69) is 43.3 Å². The third-order valence-corrected chi connectivity index (χ3v) is 3.81. The topological polar surface area (TPSA) is 35.2 Å². The van der Waals surface area contributed by atoms with Gasteiger partial charge in [-0.3, -0.25) is 0 Å². The van der Waals surface area contributed by atoms with Crippen molar-refractivity contribution in [2.24, 2.45) is 5.73 Å². The van der Waals surface area contributed by atoms with E-state index in [1.54, 1.807) is 0 Å². The molecule has 0 aliphatic carbocycles. The molecule has 0 radical (unpaired) electrons. The van der Waals surface area contributed by atoms with E-state index in [0.29, 0.717) is 13.2 Å². The Morgan fingerprint density at radius 2 is 1.54 bits per heavy atom. The number of para-hydroxylation sites is 1. The van der Waals surface area contributed by atoms with Gasteiger partial charge in [0, 0.05) is 12.1 Å². The lowest BCUT2D eigenvalue weighted by Crippen LogP contribution is -1.99. The summed E-state index contributed by atoms with van der Waals surface area (Å²) >= 11 is 0. The zero-order chi connectivity index (χ0) is 16.1. The molecule has 0 heterocycles. The SMILES string of the molecule is Cc1cc(CN)cc(-c2ccccc2OCc2ccccc2)c1.Cl. The highest BCUT2D eigenvalue weighted by Gasteiger charge is 2.08. The summed E-state index contributed by atoms with van der Waals surface area (Å²) in [6, 6.07) is 24.8. The highest BCUT2D eigenvalue weighted by Crippen LogP contribution is 2.31. The molecule has 0 aliphatic rings. The largest absolute Gasteiger partial charge is 0.488 e. The first kappa shape index (κ1) is 18.1. The van der Waals surface area contributed by atoms with Gasteiger partial charge in [-0.25, -0.2) is 0 Å². The lowest BCUT2D eigenvalue weighted by atomic mass is 9.99. The van der Waals surface area contributed by atoms with E-state index in [9.17, 15) is 0 Å². The van der Waals surface area contributed by atoms with Gasteiger partial charge in [0.25, 0.3) is 0 Å². The van der Waals surface area contributed by atoms with Crippen molar-refractivity contribution in [1.82, 2.24) is 0 Å². The molecule has 24 heavy (non-hydrogen) atoms. The highest BCUT2D eigenvalue weighted by molar-refractivity contribution is 5.85. The predicted octanol–water partition coefficient (Wildman–Crippen LogP) is 5.12. The molecule has 0 amide bonds. The van der Waals surface area contributed by atoms with E-state index in [1.165, 1.54) is 5.56 Å². The van der Waals surface area contributed by atoms with Gasteiger partial charge in [0.15, 0.2) is 0 Å². The van der Waals surface area contributed by atoms with Gasteiger partial charge in [-0.05, 0) is 35.7 Å². The van der Waals surface area contributed by atoms with Crippen LogP contribution in [0.1, 0.15) is 16.7 Å². The van der Waals surface area contributed by atoms with Crippen molar-refractivity contribution in [2.45, 2.75) is 20.1 Å². The average molecular weight is 340 g/mol. The third-order valence-electron chi connectivity index (χ3n) is 3.81. The maximum absolute atomic E-state index is 6.06. The summed E-state index contributed by atoms with van der Waals surface area (Å²) < 4.78 is 6.06. The summed E-state index contributed by atoms with van der Waals surface area (Å²) in [5, 5.41) is 0. The quantitative estimate of drug-likeness (QED) is 0.700. The van der Waals surface area contributed by atoms with Gasteiger partial charge in [-0.1, -0.05) is 66.2 Å². The Balaban J connectivity index is 0.00000208. The van der Waals surface area contributed by atoms with E-state index < -0.39 is 0 Å². The molecular weight excluding hydrogens is 318 g/mol. The minimum atomic E-state index is 0. The van der Waals surface area contributed by atoms with E-state index in [-0.39, 0.29) is 12.4 Å². The van der Waals surface area contributed by atoms with Gasteiger partial charge in [0.05, 0.1) is 0 Å². The van der Waals surface area contributed by atoms with Crippen LogP contribution in [0, 0.1) is 6.92 Å². The fourth-order valence-corrected chi connectivity index (χ4v) is 2.70. The van der Waals surface area contributed by atoms with Crippen molar-refractivity contribution < 1.29 is 4.74 Å². The standard InChI is InChI=1S/C21H21NO.ClH/c1-16-11-18(14-22)13-19(12-16)20-9-5-6-10-21(20)23-15-17-7-3-2-4-8-17;/h2-13H,14-15,22H2,1H3;1H. The smallest absolute Gasteiger partial charge is 0.127 e. The zero-order valence-electron chi connectivity index (χ0n) is 13.7. The van der Waals surface area contributed by atoms with Crippen LogP contribution in [-0.4, -0.2) is 0 Å². The van der Waals surface area contributed by atoms with Crippen molar-refractivity contribution >= 4 is 12.4 Å². The molecule has 0 aliphatic heterocycles. The van der Waals surface area contributed by atoms with Gasteiger partial charge < -0.3 is 10.5 Å². The molecule has 0 bridgehead atoms. The van der Waals surface area contributed by atoms with Crippen LogP contribution in [-0.2, 0) is 13.2 Å². The fourth-order valence-electron chi connectivity index (χ4n) is 2.70. The normalized spacial score (nSPS) is 10.1. The number of rotatable bonds is 5. The predicted molar refractivity (Wildman–Crippen MR) is 103 cm³/mol. The van der Waals surface area contributed by atoms with Crippen LogP contribution < -0.4 is 10.5 Å². The number of benzene rings is 3. The third kappa shape index (κ3) is 4.38. The van der Waals surface area contributed by atoms with Crippen LogP contribution >= 0.6 is 12.4 Å². The summed E-state index contributed by atoms with van der Waals surface area (Å²) in [5.41, 5.74) is 11.6. The minimum Gasteiger partial charge on any atom is -0.488 e.